The largest absolute Gasteiger partial charge is 0.479 e. The standard InChI is InChI=1S/C22H20ClN3O3/c1-15(29-20-11-5-3-9-18(20)23)21(27)26-19-10-4-2-8-17(19)22(28)25-14-16-7-6-12-24-13-16/h2-13,15H,14H2,1H3,(H,25,28)(H,26,27). The molecule has 0 fully saturated rings. The Labute approximate surface area is 173 Å². The number of rotatable bonds is 7. The molecule has 0 spiro atoms. The SMILES string of the molecule is CC(Oc1ccccc1Cl)C(=O)Nc1ccccc1C(=O)NCc1cccnc1. The average Bonchev–Trinajstić information content (AvgIpc) is 2.74. The first-order valence-electron chi connectivity index (χ1n) is 9.03. The van der Waals surface area contributed by atoms with E-state index >= 15 is 0 Å². The van der Waals surface area contributed by atoms with E-state index in [2.05, 4.69) is 15.6 Å². The van der Waals surface area contributed by atoms with Gasteiger partial charge in [0.05, 0.1) is 16.3 Å². The summed E-state index contributed by atoms with van der Waals surface area (Å²) in [6.07, 6.45) is 2.55. The monoisotopic (exact) mass is 409 g/mol. The number of carbonyl (C=O) groups excluding carboxylic acids is 2. The smallest absolute Gasteiger partial charge is 0.265 e. The number of nitrogens with one attached hydrogen (secondary N) is 2. The van der Waals surface area contributed by atoms with E-state index in [1.54, 1.807) is 73.9 Å². The third-order valence-corrected chi connectivity index (χ3v) is 4.43. The van der Waals surface area contributed by atoms with Gasteiger partial charge in [-0.1, -0.05) is 41.9 Å². The predicted molar refractivity (Wildman–Crippen MR) is 112 cm³/mol. The van der Waals surface area contributed by atoms with Crippen LogP contribution in [0, 0.1) is 0 Å². The lowest BCUT2D eigenvalue weighted by atomic mass is 10.1. The quantitative estimate of drug-likeness (QED) is 0.616. The summed E-state index contributed by atoms with van der Waals surface area (Å²) >= 11 is 6.07. The number of ether oxygens (including phenoxy) is 1. The molecule has 1 aromatic heterocycles. The van der Waals surface area contributed by atoms with Gasteiger partial charge in [0.1, 0.15) is 5.75 Å². The molecule has 2 aromatic carbocycles. The van der Waals surface area contributed by atoms with E-state index in [0.717, 1.165) is 5.56 Å². The Morgan fingerprint density at radius 3 is 2.59 bits per heavy atom. The summed E-state index contributed by atoms with van der Waals surface area (Å²) in [6, 6.07) is 17.4. The molecule has 0 saturated heterocycles. The zero-order chi connectivity index (χ0) is 20.6. The van der Waals surface area contributed by atoms with Crippen LogP contribution >= 0.6 is 11.6 Å². The van der Waals surface area contributed by atoms with Gasteiger partial charge in [-0.15, -0.1) is 0 Å². The number of anilines is 1. The molecule has 0 radical (unpaired) electrons. The molecule has 0 saturated carbocycles. The molecule has 2 N–H and O–H groups in total. The van der Waals surface area contributed by atoms with Crippen molar-refractivity contribution < 1.29 is 14.3 Å². The summed E-state index contributed by atoms with van der Waals surface area (Å²) < 4.78 is 5.63. The Morgan fingerprint density at radius 1 is 1.07 bits per heavy atom. The molecule has 0 aliphatic heterocycles. The Kier molecular flexibility index (Phi) is 6.81. The van der Waals surface area contributed by atoms with Gasteiger partial charge in [0, 0.05) is 18.9 Å². The maximum Gasteiger partial charge on any atom is 0.265 e. The highest BCUT2D eigenvalue weighted by atomic mass is 35.5. The lowest BCUT2D eigenvalue weighted by Crippen LogP contribution is -2.31. The minimum atomic E-state index is -0.804. The van der Waals surface area contributed by atoms with Crippen LogP contribution in [0.15, 0.2) is 73.1 Å². The molecular weight excluding hydrogens is 390 g/mol. The number of nitrogens with zero attached hydrogens (tertiary/aromatic N) is 1. The summed E-state index contributed by atoms with van der Waals surface area (Å²) in [4.78, 5) is 29.2. The molecule has 1 unspecified atom stereocenters. The summed E-state index contributed by atoms with van der Waals surface area (Å²) in [5, 5.41) is 5.99. The Bertz CT molecular complexity index is 995. The molecule has 29 heavy (non-hydrogen) atoms. The van der Waals surface area contributed by atoms with Crippen molar-refractivity contribution in [3.63, 3.8) is 0 Å². The number of hydrogen-bond acceptors (Lipinski definition) is 4. The van der Waals surface area contributed by atoms with Crippen LogP contribution in [0.1, 0.15) is 22.8 Å². The van der Waals surface area contributed by atoms with Crippen molar-refractivity contribution >= 4 is 29.1 Å². The summed E-state index contributed by atoms with van der Waals surface area (Å²) in [6.45, 7) is 1.95. The fourth-order valence-electron chi connectivity index (χ4n) is 2.59. The first kappa shape index (κ1) is 20.4. The number of halogens is 1. The highest BCUT2D eigenvalue weighted by Crippen LogP contribution is 2.24. The number of pyridine rings is 1. The molecule has 2 amide bonds. The van der Waals surface area contributed by atoms with Crippen molar-refractivity contribution in [1.82, 2.24) is 10.3 Å². The molecule has 3 aromatic rings. The van der Waals surface area contributed by atoms with Crippen LogP contribution in [0.4, 0.5) is 5.69 Å². The molecule has 0 aliphatic carbocycles. The normalized spacial score (nSPS) is 11.4. The number of aromatic nitrogens is 1. The van der Waals surface area contributed by atoms with E-state index in [0.29, 0.717) is 28.6 Å². The van der Waals surface area contributed by atoms with E-state index in [-0.39, 0.29) is 5.91 Å². The fourth-order valence-corrected chi connectivity index (χ4v) is 2.77. The lowest BCUT2D eigenvalue weighted by molar-refractivity contribution is -0.122. The number of para-hydroxylation sites is 2. The fraction of sp³-hybridized carbons (Fsp3) is 0.136. The van der Waals surface area contributed by atoms with Crippen LogP contribution in [-0.4, -0.2) is 22.9 Å². The van der Waals surface area contributed by atoms with Crippen LogP contribution in [0.3, 0.4) is 0 Å². The molecule has 148 valence electrons. The van der Waals surface area contributed by atoms with Crippen molar-refractivity contribution in [3.05, 3.63) is 89.2 Å². The van der Waals surface area contributed by atoms with Gasteiger partial charge in [-0.05, 0) is 42.8 Å². The first-order chi connectivity index (χ1) is 14.0. The predicted octanol–water partition coefficient (Wildman–Crippen LogP) is 4.07. The Morgan fingerprint density at radius 2 is 1.83 bits per heavy atom. The summed E-state index contributed by atoms with van der Waals surface area (Å²) in [7, 11) is 0. The zero-order valence-corrected chi connectivity index (χ0v) is 16.5. The van der Waals surface area contributed by atoms with E-state index in [1.165, 1.54) is 0 Å². The maximum absolute atomic E-state index is 12.6. The van der Waals surface area contributed by atoms with Crippen LogP contribution < -0.4 is 15.4 Å². The number of hydrogen-bond donors (Lipinski definition) is 2. The maximum atomic E-state index is 12.6. The second-order valence-corrected chi connectivity index (χ2v) is 6.68. The Hall–Kier alpha value is -3.38. The molecule has 6 nitrogen and oxygen atoms in total. The van der Waals surface area contributed by atoms with E-state index < -0.39 is 12.0 Å². The van der Waals surface area contributed by atoms with E-state index in [1.807, 2.05) is 6.07 Å². The average molecular weight is 410 g/mol. The van der Waals surface area contributed by atoms with Crippen LogP contribution in [0.2, 0.25) is 5.02 Å². The van der Waals surface area contributed by atoms with E-state index in [4.69, 9.17) is 16.3 Å². The molecule has 0 aliphatic rings. The van der Waals surface area contributed by atoms with Gasteiger partial charge in [-0.2, -0.15) is 0 Å². The summed E-state index contributed by atoms with van der Waals surface area (Å²) in [5.74, 6) is -0.277. The van der Waals surface area contributed by atoms with Gasteiger partial charge in [0.25, 0.3) is 11.8 Å². The topological polar surface area (TPSA) is 80.3 Å². The van der Waals surface area contributed by atoms with Crippen molar-refractivity contribution in [2.45, 2.75) is 19.6 Å². The number of carbonyl (C=O) groups is 2. The van der Waals surface area contributed by atoms with Gasteiger partial charge in [-0.25, -0.2) is 0 Å². The van der Waals surface area contributed by atoms with Gasteiger partial charge < -0.3 is 15.4 Å². The number of benzene rings is 2. The minimum Gasteiger partial charge on any atom is -0.479 e. The molecule has 1 heterocycles. The zero-order valence-electron chi connectivity index (χ0n) is 15.8. The van der Waals surface area contributed by atoms with Gasteiger partial charge in [0.2, 0.25) is 0 Å². The van der Waals surface area contributed by atoms with Gasteiger partial charge in [-0.3, -0.25) is 14.6 Å². The van der Waals surface area contributed by atoms with Crippen LogP contribution in [-0.2, 0) is 11.3 Å². The van der Waals surface area contributed by atoms with Crippen molar-refractivity contribution in [3.8, 4) is 5.75 Å². The highest BCUT2D eigenvalue weighted by Gasteiger charge is 2.19. The molecule has 7 heteroatoms. The third kappa shape index (κ3) is 5.56. The summed E-state index contributed by atoms with van der Waals surface area (Å²) in [5.41, 5.74) is 1.63. The lowest BCUT2D eigenvalue weighted by Gasteiger charge is -2.17. The van der Waals surface area contributed by atoms with E-state index in [9.17, 15) is 9.59 Å². The first-order valence-corrected chi connectivity index (χ1v) is 9.40. The molecular formula is C22H20ClN3O3. The second-order valence-electron chi connectivity index (χ2n) is 6.27. The van der Waals surface area contributed by atoms with Crippen LogP contribution in [0.25, 0.3) is 0 Å². The van der Waals surface area contributed by atoms with Crippen LogP contribution in [0.5, 0.6) is 5.75 Å². The minimum absolute atomic E-state index is 0.301. The molecule has 1 atom stereocenters. The van der Waals surface area contributed by atoms with Gasteiger partial charge in [0.15, 0.2) is 6.10 Å². The van der Waals surface area contributed by atoms with Crippen molar-refractivity contribution in [1.29, 1.82) is 0 Å². The number of amides is 2. The van der Waals surface area contributed by atoms with Crippen molar-refractivity contribution in [2.24, 2.45) is 0 Å². The van der Waals surface area contributed by atoms with Crippen molar-refractivity contribution in [2.75, 3.05) is 5.32 Å². The van der Waals surface area contributed by atoms with Gasteiger partial charge >= 0.3 is 0 Å². The molecule has 0 bridgehead atoms. The Balaban J connectivity index is 1.65. The second kappa shape index (κ2) is 9.71. The molecule has 3 rings (SSSR count). The third-order valence-electron chi connectivity index (χ3n) is 4.12. The highest BCUT2D eigenvalue weighted by molar-refractivity contribution is 6.32.